The Balaban J connectivity index is 1.62. The second-order valence-electron chi connectivity index (χ2n) is 6.45. The van der Waals surface area contributed by atoms with Crippen LogP contribution in [-0.4, -0.2) is 43.9 Å². The monoisotopic (exact) mass is 333 g/mol. The predicted octanol–water partition coefficient (Wildman–Crippen LogP) is 2.44. The van der Waals surface area contributed by atoms with Crippen molar-refractivity contribution >= 4 is 22.4 Å². The highest BCUT2D eigenvalue weighted by molar-refractivity contribution is 5.99. The van der Waals surface area contributed by atoms with Crippen molar-refractivity contribution in [3.63, 3.8) is 0 Å². The minimum atomic E-state index is 0.387. The van der Waals surface area contributed by atoms with E-state index in [0.717, 1.165) is 47.6 Å². The van der Waals surface area contributed by atoms with Gasteiger partial charge in [0.05, 0.1) is 0 Å². The van der Waals surface area contributed by atoms with E-state index in [1.54, 1.807) is 11.0 Å². The summed E-state index contributed by atoms with van der Waals surface area (Å²) in [6.45, 7) is 2.05. The summed E-state index contributed by atoms with van der Waals surface area (Å²) in [5.41, 5.74) is 4.01. The standard InChI is InChI=1S/C18H19N7/c1-2-6-16-13(5-1)15(10-20-16)14-8-17(23-12-4-3-7-19-9-12)24-25-18(14)21-11-22-25/h1-2,5-6,8,10-12,19-20H,3-4,7,9H2,(H,23,24). The molecule has 1 aliphatic heterocycles. The molecule has 0 amide bonds. The number of benzene rings is 1. The summed E-state index contributed by atoms with van der Waals surface area (Å²) in [5.74, 6) is 0.826. The molecule has 1 aromatic carbocycles. The normalized spacial score (nSPS) is 18.0. The van der Waals surface area contributed by atoms with Crippen LogP contribution in [0.3, 0.4) is 0 Å². The van der Waals surface area contributed by atoms with Crippen LogP contribution in [0.1, 0.15) is 12.8 Å². The first-order valence-electron chi connectivity index (χ1n) is 8.63. The van der Waals surface area contributed by atoms with Crippen LogP contribution in [0, 0.1) is 0 Å². The summed E-state index contributed by atoms with van der Waals surface area (Å²) in [5, 5.41) is 17.0. The van der Waals surface area contributed by atoms with Crippen molar-refractivity contribution in [2.75, 3.05) is 18.4 Å². The largest absolute Gasteiger partial charge is 0.365 e. The van der Waals surface area contributed by atoms with E-state index in [9.17, 15) is 0 Å². The number of aromatic nitrogens is 5. The van der Waals surface area contributed by atoms with E-state index in [4.69, 9.17) is 0 Å². The van der Waals surface area contributed by atoms with Crippen molar-refractivity contribution in [3.8, 4) is 11.1 Å². The third-order valence-electron chi connectivity index (χ3n) is 4.78. The molecule has 0 aliphatic carbocycles. The highest BCUT2D eigenvalue weighted by Crippen LogP contribution is 2.32. The van der Waals surface area contributed by atoms with Crippen LogP contribution < -0.4 is 10.6 Å². The molecular weight excluding hydrogens is 314 g/mol. The molecular formula is C18H19N7. The number of fused-ring (bicyclic) bond motifs is 2. The lowest BCUT2D eigenvalue weighted by molar-refractivity contribution is 0.478. The summed E-state index contributed by atoms with van der Waals surface area (Å²) in [7, 11) is 0. The van der Waals surface area contributed by atoms with Crippen molar-refractivity contribution < 1.29 is 0 Å². The number of H-pyrrole nitrogens is 1. The maximum Gasteiger partial charge on any atom is 0.184 e. The Morgan fingerprint density at radius 3 is 3.08 bits per heavy atom. The minimum Gasteiger partial charge on any atom is -0.365 e. The third-order valence-corrected chi connectivity index (χ3v) is 4.78. The van der Waals surface area contributed by atoms with Crippen LogP contribution in [0.15, 0.2) is 42.9 Å². The molecule has 25 heavy (non-hydrogen) atoms. The molecule has 0 radical (unpaired) electrons. The molecule has 7 nitrogen and oxygen atoms in total. The second-order valence-corrected chi connectivity index (χ2v) is 6.45. The number of aromatic amines is 1. The van der Waals surface area contributed by atoms with Gasteiger partial charge in [0, 0.05) is 40.8 Å². The Hall–Kier alpha value is -2.93. The maximum atomic E-state index is 4.57. The molecule has 3 aromatic heterocycles. The first kappa shape index (κ1) is 14.4. The van der Waals surface area contributed by atoms with Crippen LogP contribution in [-0.2, 0) is 0 Å². The first-order valence-corrected chi connectivity index (χ1v) is 8.63. The second kappa shape index (κ2) is 5.86. The zero-order valence-electron chi connectivity index (χ0n) is 13.7. The molecule has 1 saturated heterocycles. The van der Waals surface area contributed by atoms with Gasteiger partial charge in [0.1, 0.15) is 12.1 Å². The fourth-order valence-electron chi connectivity index (χ4n) is 3.57. The van der Waals surface area contributed by atoms with Crippen molar-refractivity contribution in [2.45, 2.75) is 18.9 Å². The number of anilines is 1. The quantitative estimate of drug-likeness (QED) is 0.536. The third kappa shape index (κ3) is 2.53. The van der Waals surface area contributed by atoms with Crippen LogP contribution in [0.2, 0.25) is 0 Å². The number of hydrogen-bond donors (Lipinski definition) is 3. The Bertz CT molecular complexity index is 1030. The summed E-state index contributed by atoms with van der Waals surface area (Å²) < 4.78 is 1.61. The zero-order chi connectivity index (χ0) is 16.6. The van der Waals surface area contributed by atoms with Gasteiger partial charge in [-0.25, -0.2) is 4.98 Å². The molecule has 3 N–H and O–H groups in total. The molecule has 5 rings (SSSR count). The average Bonchev–Trinajstić information content (AvgIpc) is 3.29. The zero-order valence-corrected chi connectivity index (χ0v) is 13.7. The van der Waals surface area contributed by atoms with Gasteiger partial charge in [0.25, 0.3) is 0 Å². The number of hydrogen-bond acceptors (Lipinski definition) is 5. The molecule has 1 aliphatic rings. The van der Waals surface area contributed by atoms with Crippen molar-refractivity contribution in [2.24, 2.45) is 0 Å². The molecule has 4 aromatic rings. The Labute approximate surface area is 144 Å². The smallest absolute Gasteiger partial charge is 0.184 e. The Morgan fingerprint density at radius 1 is 1.20 bits per heavy atom. The Morgan fingerprint density at radius 2 is 2.16 bits per heavy atom. The highest BCUT2D eigenvalue weighted by Gasteiger charge is 2.17. The lowest BCUT2D eigenvalue weighted by Gasteiger charge is -2.24. The van der Waals surface area contributed by atoms with Gasteiger partial charge in [-0.05, 0) is 31.5 Å². The molecule has 0 saturated carbocycles. The van der Waals surface area contributed by atoms with E-state index >= 15 is 0 Å². The fourth-order valence-corrected chi connectivity index (χ4v) is 3.57. The number of piperidine rings is 1. The van der Waals surface area contributed by atoms with Gasteiger partial charge < -0.3 is 15.6 Å². The molecule has 7 heteroatoms. The van der Waals surface area contributed by atoms with Gasteiger partial charge >= 0.3 is 0 Å². The average molecular weight is 333 g/mol. The van der Waals surface area contributed by atoms with Crippen LogP contribution in [0.4, 0.5) is 5.82 Å². The van der Waals surface area contributed by atoms with Crippen molar-refractivity contribution in [1.29, 1.82) is 0 Å². The van der Waals surface area contributed by atoms with Crippen LogP contribution >= 0.6 is 0 Å². The van der Waals surface area contributed by atoms with Gasteiger partial charge in [-0.2, -0.15) is 0 Å². The number of para-hydroxylation sites is 1. The maximum absolute atomic E-state index is 4.57. The molecule has 1 atom stereocenters. The predicted molar refractivity (Wildman–Crippen MR) is 97.6 cm³/mol. The SMILES string of the molecule is c1ccc2c(-c3cc(NC4CCCNC4)nn4ncnc34)c[nH]c2c1. The number of nitrogens with zero attached hydrogens (tertiary/aromatic N) is 4. The van der Waals surface area contributed by atoms with Gasteiger partial charge in [-0.3, -0.25) is 0 Å². The van der Waals surface area contributed by atoms with Crippen LogP contribution in [0.25, 0.3) is 27.7 Å². The first-order chi connectivity index (χ1) is 12.4. The highest BCUT2D eigenvalue weighted by atomic mass is 15.5. The summed E-state index contributed by atoms with van der Waals surface area (Å²) >= 11 is 0. The van der Waals surface area contributed by atoms with E-state index in [-0.39, 0.29) is 0 Å². The topological polar surface area (TPSA) is 82.9 Å². The molecule has 0 bridgehead atoms. The fraction of sp³-hybridized carbons (Fsp3) is 0.278. The van der Waals surface area contributed by atoms with E-state index < -0.39 is 0 Å². The van der Waals surface area contributed by atoms with E-state index in [1.165, 1.54) is 11.8 Å². The van der Waals surface area contributed by atoms with E-state index in [2.05, 4.69) is 55.1 Å². The number of rotatable bonds is 3. The summed E-state index contributed by atoms with van der Waals surface area (Å²) in [4.78, 5) is 7.74. The molecule has 0 spiro atoms. The van der Waals surface area contributed by atoms with Gasteiger partial charge in [-0.15, -0.1) is 14.8 Å². The van der Waals surface area contributed by atoms with E-state index in [1.807, 2.05) is 12.3 Å². The lowest BCUT2D eigenvalue weighted by Crippen LogP contribution is -2.38. The van der Waals surface area contributed by atoms with E-state index in [0.29, 0.717) is 6.04 Å². The molecule has 126 valence electrons. The molecule has 4 heterocycles. The summed E-state index contributed by atoms with van der Waals surface area (Å²) in [6, 6.07) is 10.7. The minimum absolute atomic E-state index is 0.387. The Kier molecular flexibility index (Phi) is 3.38. The number of nitrogens with one attached hydrogen (secondary N) is 3. The van der Waals surface area contributed by atoms with Crippen LogP contribution in [0.5, 0.6) is 0 Å². The molecule has 1 fully saturated rings. The van der Waals surface area contributed by atoms with Crippen molar-refractivity contribution in [3.05, 3.63) is 42.9 Å². The summed E-state index contributed by atoms with van der Waals surface area (Å²) in [6.07, 6.45) is 5.90. The lowest BCUT2D eigenvalue weighted by atomic mass is 10.1. The van der Waals surface area contributed by atoms with Gasteiger partial charge in [0.2, 0.25) is 0 Å². The van der Waals surface area contributed by atoms with Gasteiger partial charge in [0.15, 0.2) is 5.65 Å². The molecule has 1 unspecified atom stereocenters. The van der Waals surface area contributed by atoms with Crippen molar-refractivity contribution in [1.82, 2.24) is 30.1 Å². The van der Waals surface area contributed by atoms with Gasteiger partial charge in [-0.1, -0.05) is 18.2 Å².